The number of nitrogens with one attached hydrogen (secondary N) is 1. The summed E-state index contributed by atoms with van der Waals surface area (Å²) in [6.45, 7) is 1.87. The lowest BCUT2D eigenvalue weighted by atomic mass is 10.2. The average Bonchev–Trinajstić information content (AvgIpc) is 2.32. The minimum Gasteiger partial charge on any atom is -0.322 e. The van der Waals surface area contributed by atoms with E-state index >= 15 is 0 Å². The zero-order valence-corrected chi connectivity index (χ0v) is 11.9. The summed E-state index contributed by atoms with van der Waals surface area (Å²) >= 11 is 9.21. The highest BCUT2D eigenvalue weighted by Crippen LogP contribution is 2.22. The van der Waals surface area contributed by atoms with E-state index in [9.17, 15) is 4.79 Å². The second kappa shape index (κ2) is 5.50. The summed E-state index contributed by atoms with van der Waals surface area (Å²) in [6.07, 6.45) is 1.65. The van der Waals surface area contributed by atoms with Crippen LogP contribution in [-0.4, -0.2) is 10.9 Å². The summed E-state index contributed by atoms with van der Waals surface area (Å²) in [6, 6.07) is 8.63. The highest BCUT2D eigenvalue weighted by Gasteiger charge is 2.11. The molecule has 5 heteroatoms. The number of amides is 1. The van der Waals surface area contributed by atoms with Gasteiger partial charge in [-0.2, -0.15) is 0 Å². The number of carbonyl (C=O) groups excluding carboxylic acids is 1. The Labute approximate surface area is 118 Å². The van der Waals surface area contributed by atoms with E-state index in [4.69, 9.17) is 11.6 Å². The first-order chi connectivity index (χ1) is 8.56. The lowest BCUT2D eigenvalue weighted by molar-refractivity contribution is 0.102. The summed E-state index contributed by atoms with van der Waals surface area (Å²) < 4.78 is 0.704. The van der Waals surface area contributed by atoms with Gasteiger partial charge in [-0.25, -0.2) is 0 Å². The number of halogens is 2. The minimum atomic E-state index is -0.213. The molecule has 92 valence electrons. The van der Waals surface area contributed by atoms with Crippen molar-refractivity contribution in [1.82, 2.24) is 4.98 Å². The molecule has 1 aromatic carbocycles. The number of pyridine rings is 1. The first kappa shape index (κ1) is 13.1. The summed E-state index contributed by atoms with van der Waals surface area (Å²) in [7, 11) is 0. The monoisotopic (exact) mass is 324 g/mol. The van der Waals surface area contributed by atoms with E-state index in [-0.39, 0.29) is 5.91 Å². The van der Waals surface area contributed by atoms with Crippen molar-refractivity contribution in [2.24, 2.45) is 0 Å². The number of aryl methyl sites for hydroxylation is 1. The maximum absolute atomic E-state index is 12.1. The highest BCUT2D eigenvalue weighted by atomic mass is 79.9. The average molecular weight is 326 g/mol. The van der Waals surface area contributed by atoms with Gasteiger partial charge in [0.2, 0.25) is 0 Å². The van der Waals surface area contributed by atoms with Gasteiger partial charge in [-0.15, -0.1) is 0 Å². The van der Waals surface area contributed by atoms with Crippen LogP contribution < -0.4 is 5.32 Å². The Bertz CT molecular complexity index is 601. The Hall–Kier alpha value is -1.39. The molecule has 1 amide bonds. The second-order valence-electron chi connectivity index (χ2n) is 3.76. The molecule has 2 rings (SSSR count). The van der Waals surface area contributed by atoms with Crippen molar-refractivity contribution in [3.8, 4) is 0 Å². The third-order valence-electron chi connectivity index (χ3n) is 2.33. The highest BCUT2D eigenvalue weighted by molar-refractivity contribution is 9.10. The molecule has 0 saturated carbocycles. The van der Waals surface area contributed by atoms with Crippen LogP contribution in [0.4, 0.5) is 5.69 Å². The molecule has 0 saturated heterocycles. The fraction of sp³-hybridized carbons (Fsp3) is 0.0769. The fourth-order valence-electron chi connectivity index (χ4n) is 1.49. The Morgan fingerprint density at radius 1 is 1.33 bits per heavy atom. The van der Waals surface area contributed by atoms with Crippen LogP contribution in [0.25, 0.3) is 0 Å². The Balaban J connectivity index is 2.24. The van der Waals surface area contributed by atoms with Crippen LogP contribution in [0.2, 0.25) is 5.02 Å². The molecular weight excluding hydrogens is 316 g/mol. The number of rotatable bonds is 2. The summed E-state index contributed by atoms with van der Waals surface area (Å²) in [4.78, 5) is 16.1. The number of benzene rings is 1. The summed E-state index contributed by atoms with van der Waals surface area (Å²) in [5.74, 6) is -0.213. The van der Waals surface area contributed by atoms with Gasteiger partial charge in [0, 0.05) is 27.1 Å². The van der Waals surface area contributed by atoms with Gasteiger partial charge in [0.1, 0.15) is 0 Å². The quantitative estimate of drug-likeness (QED) is 0.905. The first-order valence-electron chi connectivity index (χ1n) is 5.25. The molecule has 18 heavy (non-hydrogen) atoms. The van der Waals surface area contributed by atoms with E-state index < -0.39 is 0 Å². The zero-order valence-electron chi connectivity index (χ0n) is 9.58. The van der Waals surface area contributed by atoms with Crippen molar-refractivity contribution in [2.75, 3.05) is 5.32 Å². The standard InChI is InChI=1S/C13H10BrClN2O/c1-8-6-10(4-5-16-8)17-13(18)11-7-9(15)2-3-12(11)14/h2-7H,1H3,(H,16,17,18). The van der Waals surface area contributed by atoms with Gasteiger partial charge in [-0.05, 0) is 53.2 Å². The molecule has 0 aliphatic heterocycles. The van der Waals surface area contributed by atoms with Gasteiger partial charge in [-0.3, -0.25) is 9.78 Å². The SMILES string of the molecule is Cc1cc(NC(=O)c2cc(Cl)ccc2Br)ccn1. The van der Waals surface area contributed by atoms with Gasteiger partial charge in [0.25, 0.3) is 5.91 Å². The predicted octanol–water partition coefficient (Wildman–Crippen LogP) is 4.06. The van der Waals surface area contributed by atoms with Crippen LogP contribution in [0.3, 0.4) is 0 Å². The van der Waals surface area contributed by atoms with Crippen LogP contribution in [0, 0.1) is 6.92 Å². The molecule has 1 aromatic heterocycles. The van der Waals surface area contributed by atoms with Gasteiger partial charge in [0.05, 0.1) is 5.56 Å². The van der Waals surface area contributed by atoms with Gasteiger partial charge < -0.3 is 5.32 Å². The number of anilines is 1. The van der Waals surface area contributed by atoms with Crippen molar-refractivity contribution in [1.29, 1.82) is 0 Å². The van der Waals surface area contributed by atoms with Crippen molar-refractivity contribution >= 4 is 39.1 Å². The number of aromatic nitrogens is 1. The molecule has 3 nitrogen and oxygen atoms in total. The second-order valence-corrected chi connectivity index (χ2v) is 5.05. The molecule has 1 heterocycles. The van der Waals surface area contributed by atoms with E-state index in [0.717, 1.165) is 5.69 Å². The Morgan fingerprint density at radius 2 is 2.11 bits per heavy atom. The maximum Gasteiger partial charge on any atom is 0.256 e. The Morgan fingerprint density at radius 3 is 2.83 bits per heavy atom. The van der Waals surface area contributed by atoms with Gasteiger partial charge in [0.15, 0.2) is 0 Å². The minimum absolute atomic E-state index is 0.213. The van der Waals surface area contributed by atoms with E-state index in [1.54, 1.807) is 36.5 Å². The molecule has 0 fully saturated rings. The molecule has 0 aliphatic rings. The van der Waals surface area contributed by atoms with Crippen LogP contribution in [0.5, 0.6) is 0 Å². The van der Waals surface area contributed by atoms with E-state index in [1.807, 2.05) is 6.92 Å². The topological polar surface area (TPSA) is 42.0 Å². The lowest BCUT2D eigenvalue weighted by Crippen LogP contribution is -2.12. The van der Waals surface area contributed by atoms with Crippen molar-refractivity contribution < 1.29 is 4.79 Å². The largest absolute Gasteiger partial charge is 0.322 e. The van der Waals surface area contributed by atoms with Crippen LogP contribution in [-0.2, 0) is 0 Å². The van der Waals surface area contributed by atoms with Crippen LogP contribution in [0.1, 0.15) is 16.1 Å². The van der Waals surface area contributed by atoms with E-state index in [0.29, 0.717) is 20.7 Å². The van der Waals surface area contributed by atoms with Gasteiger partial charge >= 0.3 is 0 Å². The summed E-state index contributed by atoms with van der Waals surface area (Å²) in [5, 5.41) is 3.32. The molecule has 0 unspecified atom stereocenters. The number of carbonyl (C=O) groups is 1. The van der Waals surface area contributed by atoms with Crippen LogP contribution >= 0.6 is 27.5 Å². The van der Waals surface area contributed by atoms with E-state index in [1.165, 1.54) is 0 Å². The van der Waals surface area contributed by atoms with Gasteiger partial charge in [-0.1, -0.05) is 11.6 Å². The molecule has 0 radical (unpaired) electrons. The molecule has 0 atom stereocenters. The molecule has 0 bridgehead atoms. The van der Waals surface area contributed by atoms with Crippen LogP contribution in [0.15, 0.2) is 41.0 Å². The third kappa shape index (κ3) is 3.09. The molecule has 0 spiro atoms. The first-order valence-corrected chi connectivity index (χ1v) is 6.42. The predicted molar refractivity (Wildman–Crippen MR) is 76.1 cm³/mol. The van der Waals surface area contributed by atoms with Crippen molar-refractivity contribution in [3.05, 3.63) is 57.3 Å². The van der Waals surface area contributed by atoms with E-state index in [2.05, 4.69) is 26.2 Å². The summed E-state index contributed by atoms with van der Waals surface area (Å²) in [5.41, 5.74) is 2.05. The third-order valence-corrected chi connectivity index (χ3v) is 3.25. The fourth-order valence-corrected chi connectivity index (χ4v) is 2.09. The molecule has 1 N–H and O–H groups in total. The smallest absolute Gasteiger partial charge is 0.256 e. The van der Waals surface area contributed by atoms with Crippen molar-refractivity contribution in [3.63, 3.8) is 0 Å². The van der Waals surface area contributed by atoms with Crippen molar-refractivity contribution in [2.45, 2.75) is 6.92 Å². The molecular formula is C13H10BrClN2O. The molecule has 2 aromatic rings. The normalized spacial score (nSPS) is 10.2. The number of nitrogens with zero attached hydrogens (tertiary/aromatic N) is 1. The molecule has 0 aliphatic carbocycles. The number of hydrogen-bond donors (Lipinski definition) is 1. The zero-order chi connectivity index (χ0) is 13.1. The Kier molecular flexibility index (Phi) is 3.99. The maximum atomic E-state index is 12.1. The number of hydrogen-bond acceptors (Lipinski definition) is 2. The lowest BCUT2D eigenvalue weighted by Gasteiger charge is -2.07.